The molecule has 0 aliphatic carbocycles. The Labute approximate surface area is 146 Å². The van der Waals surface area contributed by atoms with Gasteiger partial charge in [-0.15, -0.1) is 0 Å². The highest BCUT2D eigenvalue weighted by Gasteiger charge is 2.12. The van der Waals surface area contributed by atoms with Gasteiger partial charge in [0.05, 0.1) is 10.2 Å². The van der Waals surface area contributed by atoms with Crippen LogP contribution in [0.4, 0.5) is 5.69 Å². The number of amides is 1. The number of fused-ring (bicyclic) bond motifs is 2. The summed E-state index contributed by atoms with van der Waals surface area (Å²) in [6.45, 7) is 0.219. The Balaban J connectivity index is 1.49. The number of ether oxygens (including phenoxy) is 2. The van der Waals surface area contributed by atoms with E-state index >= 15 is 0 Å². The van der Waals surface area contributed by atoms with E-state index in [4.69, 9.17) is 9.47 Å². The lowest BCUT2D eigenvalue weighted by molar-refractivity contribution is -0.111. The summed E-state index contributed by atoms with van der Waals surface area (Å²) in [5.41, 5.74) is 2.34. The SMILES string of the molecule is Cn1c(=O)sc2cc(NC(=O)/C=C/c3ccc4c(c3)OCO4)ccc21. The molecule has 3 aromatic rings. The molecule has 0 fully saturated rings. The number of thiazole rings is 1. The third kappa shape index (κ3) is 3.01. The van der Waals surface area contributed by atoms with Crippen LogP contribution in [-0.2, 0) is 11.8 Å². The van der Waals surface area contributed by atoms with Crippen molar-refractivity contribution >= 4 is 39.2 Å². The first-order valence-electron chi connectivity index (χ1n) is 7.58. The largest absolute Gasteiger partial charge is 0.454 e. The summed E-state index contributed by atoms with van der Waals surface area (Å²) >= 11 is 1.15. The molecule has 0 saturated carbocycles. The van der Waals surface area contributed by atoms with Gasteiger partial charge in [0.25, 0.3) is 0 Å². The van der Waals surface area contributed by atoms with Crippen LogP contribution in [0.15, 0.2) is 47.3 Å². The van der Waals surface area contributed by atoms with E-state index in [0.29, 0.717) is 17.2 Å². The maximum atomic E-state index is 12.1. The van der Waals surface area contributed by atoms with E-state index < -0.39 is 0 Å². The summed E-state index contributed by atoms with van der Waals surface area (Å²) in [7, 11) is 1.73. The average molecular weight is 354 g/mol. The first kappa shape index (κ1) is 15.5. The molecule has 25 heavy (non-hydrogen) atoms. The third-order valence-corrected chi connectivity index (χ3v) is 4.88. The number of aromatic nitrogens is 1. The maximum absolute atomic E-state index is 12.1. The normalized spacial score (nSPS) is 12.8. The highest BCUT2D eigenvalue weighted by atomic mass is 32.1. The van der Waals surface area contributed by atoms with Crippen molar-refractivity contribution in [1.82, 2.24) is 4.57 Å². The van der Waals surface area contributed by atoms with Crippen LogP contribution in [0.1, 0.15) is 5.56 Å². The molecule has 1 aliphatic rings. The molecule has 1 aromatic heterocycles. The van der Waals surface area contributed by atoms with Crippen LogP contribution in [0.3, 0.4) is 0 Å². The second kappa shape index (κ2) is 6.10. The molecular formula is C18H14N2O4S. The Hall–Kier alpha value is -3.06. The number of aryl methyl sites for hydroxylation is 1. The van der Waals surface area contributed by atoms with E-state index in [1.165, 1.54) is 6.08 Å². The van der Waals surface area contributed by atoms with Gasteiger partial charge in [-0.05, 0) is 42.0 Å². The zero-order valence-corrected chi connectivity index (χ0v) is 14.1. The van der Waals surface area contributed by atoms with Crippen LogP contribution < -0.4 is 19.7 Å². The molecule has 0 radical (unpaired) electrons. The molecule has 0 spiro atoms. The number of anilines is 1. The lowest BCUT2D eigenvalue weighted by Crippen LogP contribution is -2.08. The van der Waals surface area contributed by atoms with Crippen LogP contribution in [0.5, 0.6) is 11.5 Å². The Morgan fingerprint density at radius 2 is 2.04 bits per heavy atom. The Bertz CT molecular complexity index is 1060. The standard InChI is InChI=1S/C18H14N2O4S/c1-20-13-5-4-12(9-16(13)25-18(20)22)19-17(21)7-3-11-2-6-14-15(8-11)24-10-23-14/h2-9H,10H2,1H3,(H,19,21)/b7-3+. The predicted octanol–water partition coefficient (Wildman–Crippen LogP) is 2.98. The van der Waals surface area contributed by atoms with E-state index in [-0.39, 0.29) is 17.6 Å². The Kier molecular flexibility index (Phi) is 3.77. The summed E-state index contributed by atoms with van der Waals surface area (Å²) in [4.78, 5) is 23.8. The second-order valence-corrected chi connectivity index (χ2v) is 6.54. The minimum Gasteiger partial charge on any atom is -0.454 e. The third-order valence-electron chi connectivity index (χ3n) is 3.88. The van der Waals surface area contributed by atoms with Crippen LogP contribution in [0.25, 0.3) is 16.3 Å². The Morgan fingerprint density at radius 3 is 2.92 bits per heavy atom. The summed E-state index contributed by atoms with van der Waals surface area (Å²) < 4.78 is 13.0. The smallest absolute Gasteiger partial charge is 0.307 e. The fourth-order valence-electron chi connectivity index (χ4n) is 2.58. The molecule has 0 bridgehead atoms. The number of carbonyl (C=O) groups excluding carboxylic acids is 1. The van der Waals surface area contributed by atoms with E-state index in [2.05, 4.69) is 5.32 Å². The summed E-state index contributed by atoms with van der Waals surface area (Å²) in [6.07, 6.45) is 3.16. The van der Waals surface area contributed by atoms with Crippen molar-refractivity contribution in [2.24, 2.45) is 7.05 Å². The first-order valence-corrected chi connectivity index (χ1v) is 8.40. The molecule has 126 valence electrons. The molecule has 0 atom stereocenters. The fourth-order valence-corrected chi connectivity index (χ4v) is 3.50. The van der Waals surface area contributed by atoms with Gasteiger partial charge in [-0.3, -0.25) is 9.59 Å². The van der Waals surface area contributed by atoms with Crippen molar-refractivity contribution < 1.29 is 14.3 Å². The van der Waals surface area contributed by atoms with Crippen LogP contribution >= 0.6 is 11.3 Å². The molecule has 2 heterocycles. The maximum Gasteiger partial charge on any atom is 0.307 e. The van der Waals surface area contributed by atoms with Crippen molar-refractivity contribution in [3.05, 3.63) is 57.7 Å². The number of nitrogens with one attached hydrogen (secondary N) is 1. The summed E-state index contributed by atoms with van der Waals surface area (Å²) in [5, 5.41) is 2.80. The zero-order chi connectivity index (χ0) is 17.4. The number of carbonyl (C=O) groups is 1. The molecule has 1 N–H and O–H groups in total. The molecule has 1 amide bonds. The van der Waals surface area contributed by atoms with E-state index in [1.807, 2.05) is 24.3 Å². The number of rotatable bonds is 3. The summed E-state index contributed by atoms with van der Waals surface area (Å²) in [5.74, 6) is 1.13. The summed E-state index contributed by atoms with van der Waals surface area (Å²) in [6, 6.07) is 10.9. The van der Waals surface area contributed by atoms with Gasteiger partial charge in [0.2, 0.25) is 12.7 Å². The lowest BCUT2D eigenvalue weighted by atomic mass is 10.2. The van der Waals surface area contributed by atoms with Gasteiger partial charge in [-0.2, -0.15) is 0 Å². The molecule has 4 rings (SSSR count). The van der Waals surface area contributed by atoms with Crippen LogP contribution in [0, 0.1) is 0 Å². The molecule has 2 aromatic carbocycles. The van der Waals surface area contributed by atoms with Crippen molar-refractivity contribution in [2.75, 3.05) is 12.1 Å². The van der Waals surface area contributed by atoms with Gasteiger partial charge in [0, 0.05) is 18.8 Å². The topological polar surface area (TPSA) is 69.6 Å². The van der Waals surface area contributed by atoms with Gasteiger partial charge in [-0.25, -0.2) is 0 Å². The lowest BCUT2D eigenvalue weighted by Gasteiger charge is -2.03. The molecule has 6 nitrogen and oxygen atoms in total. The minimum atomic E-state index is -0.250. The fraction of sp³-hybridized carbons (Fsp3) is 0.111. The minimum absolute atomic E-state index is 0.0267. The monoisotopic (exact) mass is 354 g/mol. The van der Waals surface area contributed by atoms with Crippen molar-refractivity contribution in [1.29, 1.82) is 0 Å². The second-order valence-electron chi connectivity index (χ2n) is 5.54. The number of benzene rings is 2. The quantitative estimate of drug-likeness (QED) is 0.734. The average Bonchev–Trinajstić information content (AvgIpc) is 3.17. The van der Waals surface area contributed by atoms with Crippen molar-refractivity contribution in [3.63, 3.8) is 0 Å². The van der Waals surface area contributed by atoms with Gasteiger partial charge in [0.1, 0.15) is 0 Å². The van der Waals surface area contributed by atoms with Gasteiger partial charge < -0.3 is 19.4 Å². The van der Waals surface area contributed by atoms with Crippen LogP contribution in [-0.4, -0.2) is 17.3 Å². The highest BCUT2D eigenvalue weighted by Crippen LogP contribution is 2.32. The molecule has 0 unspecified atom stereocenters. The van der Waals surface area contributed by atoms with Gasteiger partial charge >= 0.3 is 4.87 Å². The molecule has 1 aliphatic heterocycles. The van der Waals surface area contributed by atoms with Gasteiger partial charge in [-0.1, -0.05) is 17.4 Å². The predicted molar refractivity (Wildman–Crippen MR) is 97.3 cm³/mol. The van der Waals surface area contributed by atoms with Crippen molar-refractivity contribution in [2.45, 2.75) is 0 Å². The van der Waals surface area contributed by atoms with Gasteiger partial charge in [0.15, 0.2) is 11.5 Å². The highest BCUT2D eigenvalue weighted by molar-refractivity contribution is 7.16. The van der Waals surface area contributed by atoms with Crippen molar-refractivity contribution in [3.8, 4) is 11.5 Å². The van der Waals surface area contributed by atoms with E-state index in [0.717, 1.165) is 27.1 Å². The zero-order valence-electron chi connectivity index (χ0n) is 13.3. The van der Waals surface area contributed by atoms with E-state index in [9.17, 15) is 9.59 Å². The molecular weight excluding hydrogens is 340 g/mol. The number of nitrogens with zero attached hydrogens (tertiary/aromatic N) is 1. The molecule has 7 heteroatoms. The first-order chi connectivity index (χ1) is 12.1. The van der Waals surface area contributed by atoms with Crippen LogP contribution in [0.2, 0.25) is 0 Å². The number of hydrogen-bond acceptors (Lipinski definition) is 5. The molecule has 0 saturated heterocycles. The van der Waals surface area contributed by atoms with E-state index in [1.54, 1.807) is 29.8 Å². The Morgan fingerprint density at radius 1 is 1.20 bits per heavy atom. The number of hydrogen-bond donors (Lipinski definition) is 1.